The Balaban J connectivity index is 2.39. The van der Waals surface area contributed by atoms with Crippen LogP contribution in [0, 0.1) is 5.41 Å². The van der Waals surface area contributed by atoms with Crippen LogP contribution in [-0.2, 0) is 9.53 Å². The monoisotopic (exact) mass is 316 g/mol. The second kappa shape index (κ2) is 5.39. The van der Waals surface area contributed by atoms with Gasteiger partial charge in [0.05, 0.1) is 36.4 Å². The Morgan fingerprint density at radius 3 is 2.80 bits per heavy atom. The van der Waals surface area contributed by atoms with Crippen LogP contribution in [0.15, 0.2) is 21.7 Å². The van der Waals surface area contributed by atoms with Crippen molar-refractivity contribution in [3.63, 3.8) is 0 Å². The van der Waals surface area contributed by atoms with Gasteiger partial charge in [-0.15, -0.1) is 11.8 Å². The molecule has 0 fully saturated rings. The molecule has 0 aromatic rings. The van der Waals surface area contributed by atoms with Crippen LogP contribution >= 0.6 is 23.4 Å². The van der Waals surface area contributed by atoms with Crippen molar-refractivity contribution < 1.29 is 14.0 Å². The van der Waals surface area contributed by atoms with Gasteiger partial charge in [-0.1, -0.05) is 31.5 Å². The second-order valence-electron chi connectivity index (χ2n) is 6.55. The zero-order valence-corrected chi connectivity index (χ0v) is 14.4. The van der Waals surface area contributed by atoms with Crippen LogP contribution in [-0.4, -0.2) is 42.9 Å². The Bertz CT molecular complexity index is 494. The Hall–Kier alpha value is -0.450. The molecule has 3 nitrogen and oxygen atoms in total. The fourth-order valence-electron chi connectivity index (χ4n) is 2.83. The Morgan fingerprint density at radius 2 is 2.20 bits per heavy atom. The van der Waals surface area contributed by atoms with Crippen molar-refractivity contribution in [1.29, 1.82) is 0 Å². The minimum absolute atomic E-state index is 0.0303. The molecule has 2 rings (SSSR count). The van der Waals surface area contributed by atoms with Crippen LogP contribution in [0.25, 0.3) is 0 Å². The van der Waals surface area contributed by atoms with Crippen LogP contribution in [0.3, 0.4) is 0 Å². The lowest BCUT2D eigenvalue weighted by molar-refractivity contribution is -0.869. The third-order valence-electron chi connectivity index (χ3n) is 4.04. The molecule has 0 bridgehead atoms. The lowest BCUT2D eigenvalue weighted by Gasteiger charge is -2.45. The summed E-state index contributed by atoms with van der Waals surface area (Å²) < 4.78 is 5.79. The molecule has 1 unspecified atom stereocenters. The maximum atomic E-state index is 12.2. The SMILES string of the molecule is CCOC(=O)C1CSC2=C(CC(C)(C)C=C2Cl)[N+]1(C)C. The van der Waals surface area contributed by atoms with Gasteiger partial charge in [0, 0.05) is 6.42 Å². The first-order chi connectivity index (χ1) is 9.19. The van der Waals surface area contributed by atoms with Gasteiger partial charge in [-0.3, -0.25) is 4.48 Å². The number of quaternary nitrogens is 1. The van der Waals surface area contributed by atoms with Crippen molar-refractivity contribution in [2.24, 2.45) is 5.41 Å². The summed E-state index contributed by atoms with van der Waals surface area (Å²) in [5.41, 5.74) is 1.28. The van der Waals surface area contributed by atoms with E-state index >= 15 is 0 Å². The number of carbonyl (C=O) groups excluding carboxylic acids is 1. The molecule has 20 heavy (non-hydrogen) atoms. The molecule has 0 radical (unpaired) electrons. The number of rotatable bonds is 2. The quantitative estimate of drug-likeness (QED) is 0.576. The molecule has 0 saturated heterocycles. The average Bonchev–Trinajstić information content (AvgIpc) is 2.29. The second-order valence-corrected chi connectivity index (χ2v) is 7.99. The van der Waals surface area contributed by atoms with Gasteiger partial charge in [0.25, 0.3) is 0 Å². The van der Waals surface area contributed by atoms with E-state index in [1.165, 1.54) is 5.70 Å². The highest BCUT2D eigenvalue weighted by Gasteiger charge is 2.47. The molecule has 1 atom stereocenters. The van der Waals surface area contributed by atoms with E-state index in [0.29, 0.717) is 11.1 Å². The first-order valence-corrected chi connectivity index (χ1v) is 8.31. The Morgan fingerprint density at radius 1 is 1.55 bits per heavy atom. The normalized spacial score (nSPS) is 27.7. The van der Waals surface area contributed by atoms with Gasteiger partial charge in [-0.2, -0.15) is 0 Å². The van der Waals surface area contributed by atoms with Crippen molar-refractivity contribution >= 4 is 29.3 Å². The number of thioether (sulfide) groups is 1. The van der Waals surface area contributed by atoms with Gasteiger partial charge in [0.15, 0.2) is 0 Å². The molecule has 1 aliphatic heterocycles. The van der Waals surface area contributed by atoms with Crippen LogP contribution in [0.1, 0.15) is 27.2 Å². The Kier molecular flexibility index (Phi) is 4.30. The molecule has 2 aliphatic rings. The van der Waals surface area contributed by atoms with Gasteiger partial charge < -0.3 is 4.74 Å². The van der Waals surface area contributed by atoms with E-state index in [4.69, 9.17) is 16.3 Å². The van der Waals surface area contributed by atoms with Gasteiger partial charge in [0.2, 0.25) is 6.04 Å². The number of nitrogens with zero attached hydrogens (tertiary/aromatic N) is 1. The van der Waals surface area contributed by atoms with E-state index in [9.17, 15) is 4.79 Å². The third kappa shape index (κ3) is 2.78. The zero-order valence-electron chi connectivity index (χ0n) is 12.8. The number of hydrogen-bond donors (Lipinski definition) is 0. The molecule has 1 heterocycles. The summed E-state index contributed by atoms with van der Waals surface area (Å²) in [5.74, 6) is 0.606. The molecular weight excluding hydrogens is 294 g/mol. The summed E-state index contributed by atoms with van der Waals surface area (Å²) in [6, 6.07) is -0.155. The highest BCUT2D eigenvalue weighted by Crippen LogP contribution is 2.49. The van der Waals surface area contributed by atoms with E-state index in [1.54, 1.807) is 11.8 Å². The first kappa shape index (κ1) is 15.9. The van der Waals surface area contributed by atoms with Crippen molar-refractivity contribution in [2.75, 3.05) is 26.5 Å². The predicted octanol–water partition coefficient (Wildman–Crippen LogP) is 3.51. The smallest absolute Gasteiger partial charge is 0.366 e. The van der Waals surface area contributed by atoms with Crippen LogP contribution in [0.4, 0.5) is 0 Å². The maximum Gasteiger partial charge on any atom is 0.366 e. The fraction of sp³-hybridized carbons (Fsp3) is 0.667. The number of esters is 1. The van der Waals surface area contributed by atoms with Gasteiger partial charge in [-0.25, -0.2) is 4.79 Å². The molecule has 0 amide bonds. The summed E-state index contributed by atoms with van der Waals surface area (Å²) in [6.45, 7) is 6.63. The minimum atomic E-state index is -0.155. The van der Waals surface area contributed by atoms with Crippen molar-refractivity contribution in [3.05, 3.63) is 21.7 Å². The lowest BCUT2D eigenvalue weighted by Crippen LogP contribution is -2.57. The highest BCUT2D eigenvalue weighted by atomic mass is 35.5. The predicted molar refractivity (Wildman–Crippen MR) is 84.3 cm³/mol. The van der Waals surface area contributed by atoms with E-state index in [2.05, 4.69) is 34.0 Å². The number of allylic oxidation sites excluding steroid dienone is 3. The standard InChI is InChI=1S/C15H23ClNO2S/c1-6-19-14(18)12-9-20-13-10(16)7-15(2,3)8-11(13)17(12,4)5/h7,12H,6,8-9H2,1-5H3/q+1. The van der Waals surface area contributed by atoms with E-state index in [-0.39, 0.29) is 17.4 Å². The van der Waals surface area contributed by atoms with Crippen LogP contribution in [0.2, 0.25) is 0 Å². The van der Waals surface area contributed by atoms with Gasteiger partial charge in [0.1, 0.15) is 5.70 Å². The Labute approximate surface area is 130 Å². The van der Waals surface area contributed by atoms with Crippen LogP contribution < -0.4 is 0 Å². The van der Waals surface area contributed by atoms with E-state index in [0.717, 1.165) is 22.1 Å². The van der Waals surface area contributed by atoms with Crippen molar-refractivity contribution in [3.8, 4) is 0 Å². The lowest BCUT2D eigenvalue weighted by atomic mass is 9.83. The molecule has 0 saturated carbocycles. The van der Waals surface area contributed by atoms with Crippen molar-refractivity contribution in [1.82, 2.24) is 0 Å². The minimum Gasteiger partial charge on any atom is -0.462 e. The molecule has 0 spiro atoms. The summed E-state index contributed by atoms with van der Waals surface area (Å²) in [6.07, 6.45) is 3.06. The third-order valence-corrected chi connectivity index (χ3v) is 5.68. The molecule has 5 heteroatoms. The number of hydrogen-bond acceptors (Lipinski definition) is 3. The van der Waals surface area contributed by atoms with E-state index in [1.807, 2.05) is 6.92 Å². The molecular formula is C15H23ClNO2S+. The number of likely N-dealkylation sites (N-methyl/N-ethyl adjacent to an activating group) is 1. The van der Waals surface area contributed by atoms with E-state index < -0.39 is 0 Å². The zero-order chi connectivity index (χ0) is 15.1. The molecule has 0 N–H and O–H groups in total. The molecule has 1 aliphatic carbocycles. The fourth-order valence-corrected chi connectivity index (χ4v) is 4.91. The maximum absolute atomic E-state index is 12.2. The number of halogens is 1. The van der Waals surface area contributed by atoms with Crippen LogP contribution in [0.5, 0.6) is 0 Å². The summed E-state index contributed by atoms with van der Waals surface area (Å²) >= 11 is 8.13. The summed E-state index contributed by atoms with van der Waals surface area (Å²) in [5, 5.41) is 0.828. The first-order valence-electron chi connectivity index (χ1n) is 6.94. The number of carbonyl (C=O) groups is 1. The highest BCUT2D eigenvalue weighted by molar-refractivity contribution is 8.03. The molecule has 0 aromatic carbocycles. The molecule has 112 valence electrons. The largest absolute Gasteiger partial charge is 0.462 e. The summed E-state index contributed by atoms with van der Waals surface area (Å²) in [4.78, 5) is 13.4. The topological polar surface area (TPSA) is 26.3 Å². The van der Waals surface area contributed by atoms with Gasteiger partial charge in [-0.05, 0) is 12.3 Å². The molecule has 0 aromatic heterocycles. The van der Waals surface area contributed by atoms with Crippen molar-refractivity contribution in [2.45, 2.75) is 33.2 Å². The summed E-state index contributed by atoms with van der Waals surface area (Å²) in [7, 11) is 4.17. The average molecular weight is 317 g/mol. The number of ether oxygens (including phenoxy) is 1. The van der Waals surface area contributed by atoms with Gasteiger partial charge >= 0.3 is 5.97 Å².